The minimum atomic E-state index is -0.145. The fraction of sp³-hybridized carbons (Fsp3) is 0.364. The number of hydrogen-bond donors (Lipinski definition) is 1. The molecule has 0 spiro atoms. The average Bonchev–Trinajstić information content (AvgIpc) is 2.62. The van der Waals surface area contributed by atoms with Gasteiger partial charge >= 0.3 is 0 Å². The lowest BCUT2D eigenvalue weighted by Gasteiger charge is -2.17. The summed E-state index contributed by atoms with van der Waals surface area (Å²) < 4.78 is 1.07. The quantitative estimate of drug-likeness (QED) is 0.795. The molecule has 0 saturated carbocycles. The maximum absolute atomic E-state index is 11.6. The first kappa shape index (κ1) is 12.7. The average molecular weight is 361 g/mol. The van der Waals surface area contributed by atoms with Gasteiger partial charge < -0.3 is 4.98 Å². The highest BCUT2D eigenvalue weighted by atomic mass is 127. The van der Waals surface area contributed by atoms with Gasteiger partial charge in [0.05, 0.1) is 14.8 Å². The zero-order valence-electron chi connectivity index (χ0n) is 9.74. The number of aromatic amines is 1. The van der Waals surface area contributed by atoms with Crippen LogP contribution in [0.15, 0.2) is 17.1 Å². The third kappa shape index (κ3) is 2.92. The number of hydrogen-bond acceptors (Lipinski definition) is 4. The molecule has 2 aromatic rings. The monoisotopic (exact) mass is 361 g/mol. The van der Waals surface area contributed by atoms with E-state index in [0.29, 0.717) is 5.82 Å². The third-order valence-electron chi connectivity index (χ3n) is 2.19. The van der Waals surface area contributed by atoms with Crippen molar-refractivity contribution in [2.75, 3.05) is 0 Å². The normalized spacial score (nSPS) is 11.8. The number of thiazole rings is 1. The highest BCUT2D eigenvalue weighted by Gasteiger charge is 2.18. The molecule has 90 valence electrons. The molecule has 2 rings (SSSR count). The molecule has 0 amide bonds. The first-order valence-corrected chi connectivity index (χ1v) is 6.99. The van der Waals surface area contributed by atoms with Crippen molar-refractivity contribution in [3.05, 3.63) is 31.2 Å². The van der Waals surface area contributed by atoms with Crippen LogP contribution in [0.1, 0.15) is 26.5 Å². The molecular formula is C11H12IN3OS. The van der Waals surface area contributed by atoms with Crippen molar-refractivity contribution in [1.29, 1.82) is 0 Å². The molecule has 0 aromatic carbocycles. The largest absolute Gasteiger partial charge is 0.304 e. The zero-order valence-corrected chi connectivity index (χ0v) is 12.7. The number of rotatable bonds is 1. The van der Waals surface area contributed by atoms with E-state index >= 15 is 0 Å². The van der Waals surface area contributed by atoms with Crippen molar-refractivity contribution in [3.63, 3.8) is 0 Å². The van der Waals surface area contributed by atoms with E-state index in [1.54, 1.807) is 12.3 Å². The van der Waals surface area contributed by atoms with Crippen molar-refractivity contribution in [2.45, 2.75) is 26.2 Å². The van der Waals surface area contributed by atoms with Gasteiger partial charge in [-0.3, -0.25) is 4.79 Å². The Labute approximate surface area is 117 Å². The molecular weight excluding hydrogens is 349 g/mol. The van der Waals surface area contributed by atoms with Crippen molar-refractivity contribution in [3.8, 4) is 10.8 Å². The lowest BCUT2D eigenvalue weighted by molar-refractivity contribution is 0.566. The molecule has 17 heavy (non-hydrogen) atoms. The van der Waals surface area contributed by atoms with Gasteiger partial charge in [0, 0.05) is 11.5 Å². The number of nitrogens with one attached hydrogen (secondary N) is 1. The Balaban J connectivity index is 2.57. The Morgan fingerprint density at radius 2 is 2.12 bits per heavy atom. The van der Waals surface area contributed by atoms with Crippen LogP contribution in [0, 0.1) is 2.88 Å². The smallest absolute Gasteiger partial charge is 0.251 e. The fourth-order valence-corrected chi connectivity index (χ4v) is 2.66. The second-order valence-corrected chi connectivity index (χ2v) is 7.62. The van der Waals surface area contributed by atoms with E-state index in [9.17, 15) is 4.79 Å². The van der Waals surface area contributed by atoms with Gasteiger partial charge in [-0.05, 0) is 22.6 Å². The molecule has 0 unspecified atom stereocenters. The van der Waals surface area contributed by atoms with E-state index in [0.717, 1.165) is 13.6 Å². The van der Waals surface area contributed by atoms with Crippen LogP contribution in [0.4, 0.5) is 0 Å². The molecule has 0 bridgehead atoms. The van der Waals surface area contributed by atoms with E-state index in [1.807, 2.05) is 20.8 Å². The summed E-state index contributed by atoms with van der Waals surface area (Å²) in [6.07, 6.45) is 1.77. The first-order chi connectivity index (χ1) is 7.86. The van der Waals surface area contributed by atoms with Gasteiger partial charge in [0.2, 0.25) is 0 Å². The van der Waals surface area contributed by atoms with Crippen LogP contribution in [0.25, 0.3) is 10.8 Å². The Morgan fingerprint density at radius 1 is 1.41 bits per heavy atom. The molecule has 1 N–H and O–H groups in total. The Hall–Kier alpha value is -0.760. The van der Waals surface area contributed by atoms with Gasteiger partial charge in [-0.15, -0.1) is 11.3 Å². The van der Waals surface area contributed by atoms with Crippen LogP contribution in [0.5, 0.6) is 0 Å². The standard InChI is InChI=1S/C11H12IN3OS/c1-11(2,3)6-4-8(16)15-9(14-6)10-13-5-7(12)17-10/h4-5H,1-3H3,(H,14,15,16). The van der Waals surface area contributed by atoms with E-state index in [4.69, 9.17) is 0 Å². The molecule has 0 aliphatic rings. The summed E-state index contributed by atoms with van der Waals surface area (Å²) in [5.74, 6) is 0.551. The van der Waals surface area contributed by atoms with E-state index in [-0.39, 0.29) is 11.0 Å². The van der Waals surface area contributed by atoms with Crippen LogP contribution in [0.3, 0.4) is 0 Å². The molecule has 6 heteroatoms. The van der Waals surface area contributed by atoms with Crippen molar-refractivity contribution in [1.82, 2.24) is 15.0 Å². The molecule has 0 radical (unpaired) electrons. The summed E-state index contributed by atoms with van der Waals surface area (Å²) in [6, 6.07) is 1.54. The van der Waals surface area contributed by atoms with Gasteiger partial charge in [-0.2, -0.15) is 0 Å². The van der Waals surface area contributed by atoms with E-state index in [1.165, 1.54) is 11.3 Å². The summed E-state index contributed by atoms with van der Waals surface area (Å²) in [7, 11) is 0. The molecule has 0 fully saturated rings. The number of aromatic nitrogens is 3. The molecule has 4 nitrogen and oxygen atoms in total. The fourth-order valence-electron chi connectivity index (χ4n) is 1.31. The summed E-state index contributed by atoms with van der Waals surface area (Å²) in [5, 5.41) is 0.748. The Bertz CT molecular complexity index is 597. The van der Waals surface area contributed by atoms with E-state index < -0.39 is 0 Å². The predicted molar refractivity (Wildman–Crippen MR) is 77.4 cm³/mol. The topological polar surface area (TPSA) is 58.6 Å². The van der Waals surface area contributed by atoms with Gasteiger partial charge in [0.25, 0.3) is 5.56 Å². The van der Waals surface area contributed by atoms with Crippen molar-refractivity contribution in [2.24, 2.45) is 0 Å². The van der Waals surface area contributed by atoms with Gasteiger partial charge in [0.15, 0.2) is 10.8 Å². The molecule has 0 saturated heterocycles. The van der Waals surface area contributed by atoms with Gasteiger partial charge in [-0.1, -0.05) is 20.8 Å². The molecule has 2 heterocycles. The van der Waals surface area contributed by atoms with E-state index in [2.05, 4.69) is 37.5 Å². The summed E-state index contributed by atoms with van der Waals surface area (Å²) in [4.78, 5) is 23.1. The summed E-state index contributed by atoms with van der Waals surface area (Å²) >= 11 is 3.71. The molecule has 2 aromatic heterocycles. The number of halogens is 1. The van der Waals surface area contributed by atoms with Crippen LogP contribution in [-0.2, 0) is 5.41 Å². The van der Waals surface area contributed by atoms with Crippen molar-refractivity contribution >= 4 is 33.9 Å². The van der Waals surface area contributed by atoms with Gasteiger partial charge in [0.1, 0.15) is 0 Å². The van der Waals surface area contributed by atoms with Crippen LogP contribution in [-0.4, -0.2) is 15.0 Å². The molecule has 0 aliphatic heterocycles. The highest BCUT2D eigenvalue weighted by Crippen LogP contribution is 2.25. The lowest BCUT2D eigenvalue weighted by atomic mass is 9.92. The highest BCUT2D eigenvalue weighted by molar-refractivity contribution is 14.1. The summed E-state index contributed by atoms with van der Waals surface area (Å²) in [5.41, 5.74) is 0.500. The predicted octanol–water partition coefficient (Wildman–Crippen LogP) is 2.80. The maximum atomic E-state index is 11.6. The maximum Gasteiger partial charge on any atom is 0.251 e. The zero-order chi connectivity index (χ0) is 12.6. The second kappa shape index (κ2) is 4.49. The first-order valence-electron chi connectivity index (χ1n) is 5.10. The third-order valence-corrected chi connectivity index (χ3v) is 3.92. The number of H-pyrrole nitrogens is 1. The Kier molecular flexibility index (Phi) is 3.35. The van der Waals surface area contributed by atoms with Gasteiger partial charge in [-0.25, -0.2) is 9.97 Å². The van der Waals surface area contributed by atoms with Crippen LogP contribution < -0.4 is 5.56 Å². The lowest BCUT2D eigenvalue weighted by Crippen LogP contribution is -2.19. The SMILES string of the molecule is CC(C)(C)c1cc(=O)[nH]c(-c2ncc(I)s2)n1. The minimum absolute atomic E-state index is 0.134. The molecule has 0 atom stereocenters. The Morgan fingerprint density at radius 3 is 2.65 bits per heavy atom. The minimum Gasteiger partial charge on any atom is -0.304 e. The summed E-state index contributed by atoms with van der Waals surface area (Å²) in [6.45, 7) is 6.10. The van der Waals surface area contributed by atoms with Crippen LogP contribution >= 0.6 is 33.9 Å². The second-order valence-electron chi connectivity index (χ2n) is 4.70. The van der Waals surface area contributed by atoms with Crippen LogP contribution in [0.2, 0.25) is 0 Å². The number of nitrogens with zero attached hydrogens (tertiary/aromatic N) is 2. The molecule has 0 aliphatic carbocycles. The van der Waals surface area contributed by atoms with Crippen molar-refractivity contribution < 1.29 is 0 Å².